The van der Waals surface area contributed by atoms with Crippen molar-refractivity contribution in [3.8, 4) is 0 Å². The fraction of sp³-hybridized carbons (Fsp3) is 0.500. The molecule has 0 amide bonds. The van der Waals surface area contributed by atoms with Gasteiger partial charge in [0.25, 0.3) is 0 Å². The van der Waals surface area contributed by atoms with Crippen LogP contribution in [0.2, 0.25) is 0 Å². The molecule has 0 spiro atoms. The average molecular weight is 263 g/mol. The van der Waals surface area contributed by atoms with Crippen LogP contribution in [0.4, 0.5) is 0 Å². The zero-order valence-electron chi connectivity index (χ0n) is 11.3. The highest BCUT2D eigenvalue weighted by Gasteiger charge is 2.13. The first-order chi connectivity index (χ1) is 8.72. The molecule has 0 aliphatic carbocycles. The summed E-state index contributed by atoms with van der Waals surface area (Å²) < 4.78 is 2.19. The molecule has 0 aromatic carbocycles. The van der Waals surface area contributed by atoms with Crippen LogP contribution in [-0.2, 0) is 6.54 Å². The zero-order valence-corrected chi connectivity index (χ0v) is 12.1. The summed E-state index contributed by atoms with van der Waals surface area (Å²) in [5, 5.41) is 5.18. The number of nitrogens with one attached hydrogen (secondary N) is 1. The summed E-state index contributed by atoms with van der Waals surface area (Å²) in [4.78, 5) is 4.72. The number of thioether (sulfide) groups is 1. The molecule has 0 aliphatic heterocycles. The van der Waals surface area contributed by atoms with E-state index in [0.29, 0.717) is 5.25 Å². The van der Waals surface area contributed by atoms with Crippen LogP contribution in [0, 0.1) is 0 Å². The molecule has 1 N–H and O–H groups in total. The van der Waals surface area contributed by atoms with Gasteiger partial charge in [0.05, 0.1) is 5.69 Å². The third-order valence-electron chi connectivity index (χ3n) is 2.66. The molecule has 2 aromatic rings. The molecule has 0 saturated heterocycles. The standard InChI is InChI=1S/C14H21N3S/c1-4-8-15-10-12-14(18-11(2)3)16-13-7-5-6-9-17(12)13/h5-7,9,11,15H,4,8,10H2,1-3H3. The van der Waals surface area contributed by atoms with Gasteiger partial charge in [0, 0.05) is 18.0 Å². The highest BCUT2D eigenvalue weighted by molar-refractivity contribution is 7.99. The number of nitrogens with zero attached hydrogens (tertiary/aromatic N) is 2. The van der Waals surface area contributed by atoms with Gasteiger partial charge in [-0.1, -0.05) is 26.8 Å². The normalized spacial score (nSPS) is 11.6. The van der Waals surface area contributed by atoms with Gasteiger partial charge in [-0.2, -0.15) is 0 Å². The molecule has 0 saturated carbocycles. The van der Waals surface area contributed by atoms with Crippen LogP contribution in [-0.4, -0.2) is 21.2 Å². The van der Waals surface area contributed by atoms with E-state index in [2.05, 4.69) is 48.8 Å². The second kappa shape index (κ2) is 6.25. The minimum absolute atomic E-state index is 0.555. The van der Waals surface area contributed by atoms with Crippen LogP contribution in [0.15, 0.2) is 29.4 Å². The Morgan fingerprint density at radius 2 is 2.22 bits per heavy atom. The Kier molecular flexibility index (Phi) is 4.66. The van der Waals surface area contributed by atoms with E-state index in [9.17, 15) is 0 Å². The van der Waals surface area contributed by atoms with Crippen LogP contribution in [0.1, 0.15) is 32.9 Å². The summed E-state index contributed by atoms with van der Waals surface area (Å²) in [6.07, 6.45) is 3.25. The van der Waals surface area contributed by atoms with Crippen molar-refractivity contribution in [2.45, 2.75) is 44.0 Å². The molecular weight excluding hydrogens is 242 g/mol. The van der Waals surface area contributed by atoms with Crippen molar-refractivity contribution in [1.29, 1.82) is 0 Å². The molecule has 0 radical (unpaired) electrons. The number of hydrogen-bond donors (Lipinski definition) is 1. The molecule has 4 heteroatoms. The Morgan fingerprint density at radius 3 is 2.94 bits per heavy atom. The maximum Gasteiger partial charge on any atom is 0.138 e. The van der Waals surface area contributed by atoms with Crippen LogP contribution in [0.5, 0.6) is 0 Å². The Labute approximate surface area is 113 Å². The second-order valence-corrected chi connectivity index (χ2v) is 6.20. The number of rotatable bonds is 6. The van der Waals surface area contributed by atoms with Gasteiger partial charge < -0.3 is 9.72 Å². The van der Waals surface area contributed by atoms with Gasteiger partial charge in [0.15, 0.2) is 0 Å². The first kappa shape index (κ1) is 13.4. The third-order valence-corrected chi connectivity index (χ3v) is 3.68. The maximum atomic E-state index is 4.72. The summed E-state index contributed by atoms with van der Waals surface area (Å²) in [5.74, 6) is 0. The highest BCUT2D eigenvalue weighted by atomic mass is 32.2. The van der Waals surface area contributed by atoms with Crippen LogP contribution in [0.3, 0.4) is 0 Å². The predicted molar refractivity (Wildman–Crippen MR) is 78.2 cm³/mol. The van der Waals surface area contributed by atoms with E-state index in [4.69, 9.17) is 4.98 Å². The summed E-state index contributed by atoms with van der Waals surface area (Å²) in [6, 6.07) is 6.16. The van der Waals surface area contributed by atoms with Gasteiger partial charge >= 0.3 is 0 Å². The van der Waals surface area contributed by atoms with E-state index in [0.717, 1.165) is 30.2 Å². The lowest BCUT2D eigenvalue weighted by molar-refractivity contribution is 0.652. The lowest BCUT2D eigenvalue weighted by Crippen LogP contribution is -2.15. The summed E-state index contributed by atoms with van der Waals surface area (Å²) in [5.41, 5.74) is 2.31. The molecule has 0 unspecified atom stereocenters. The van der Waals surface area contributed by atoms with Crippen LogP contribution >= 0.6 is 11.8 Å². The van der Waals surface area contributed by atoms with Gasteiger partial charge in [0.1, 0.15) is 10.7 Å². The lowest BCUT2D eigenvalue weighted by Gasteiger charge is -2.07. The molecule has 98 valence electrons. The average Bonchev–Trinajstić information content (AvgIpc) is 2.67. The Balaban J connectivity index is 2.31. The van der Waals surface area contributed by atoms with E-state index in [1.54, 1.807) is 0 Å². The first-order valence-corrected chi connectivity index (χ1v) is 7.43. The smallest absolute Gasteiger partial charge is 0.138 e. The Hall–Kier alpha value is -1.00. The van der Waals surface area contributed by atoms with Gasteiger partial charge in [-0.25, -0.2) is 4.98 Å². The molecule has 0 bridgehead atoms. The highest BCUT2D eigenvalue weighted by Crippen LogP contribution is 2.26. The van der Waals surface area contributed by atoms with Crippen molar-refractivity contribution in [3.05, 3.63) is 30.1 Å². The molecule has 2 heterocycles. The predicted octanol–water partition coefficient (Wildman–Crippen LogP) is 3.33. The maximum absolute atomic E-state index is 4.72. The monoisotopic (exact) mass is 263 g/mol. The minimum Gasteiger partial charge on any atom is -0.311 e. The van der Waals surface area contributed by atoms with E-state index in [1.807, 2.05) is 17.8 Å². The van der Waals surface area contributed by atoms with Crippen molar-refractivity contribution in [1.82, 2.24) is 14.7 Å². The minimum atomic E-state index is 0.555. The molecule has 3 nitrogen and oxygen atoms in total. The molecule has 2 rings (SSSR count). The number of hydrogen-bond acceptors (Lipinski definition) is 3. The van der Waals surface area contributed by atoms with E-state index >= 15 is 0 Å². The van der Waals surface area contributed by atoms with Crippen molar-refractivity contribution in [3.63, 3.8) is 0 Å². The number of pyridine rings is 1. The number of fused-ring (bicyclic) bond motifs is 1. The summed E-state index contributed by atoms with van der Waals surface area (Å²) in [6.45, 7) is 8.53. The van der Waals surface area contributed by atoms with Crippen LogP contribution in [0.25, 0.3) is 5.65 Å². The molecule has 2 aromatic heterocycles. The quantitative estimate of drug-likeness (QED) is 0.640. The van der Waals surface area contributed by atoms with Gasteiger partial charge in [-0.05, 0) is 25.1 Å². The molecule has 18 heavy (non-hydrogen) atoms. The fourth-order valence-electron chi connectivity index (χ4n) is 1.89. The van der Waals surface area contributed by atoms with Gasteiger partial charge in [0.2, 0.25) is 0 Å². The fourth-order valence-corrected chi connectivity index (χ4v) is 2.79. The van der Waals surface area contributed by atoms with Gasteiger partial charge in [-0.15, -0.1) is 11.8 Å². The topological polar surface area (TPSA) is 29.3 Å². The van der Waals surface area contributed by atoms with Crippen molar-refractivity contribution in [2.24, 2.45) is 0 Å². The van der Waals surface area contributed by atoms with Gasteiger partial charge in [-0.3, -0.25) is 0 Å². The Morgan fingerprint density at radius 1 is 1.39 bits per heavy atom. The van der Waals surface area contributed by atoms with E-state index in [1.165, 1.54) is 5.69 Å². The second-order valence-electron chi connectivity index (χ2n) is 4.64. The number of aromatic nitrogens is 2. The van der Waals surface area contributed by atoms with E-state index < -0.39 is 0 Å². The SMILES string of the molecule is CCCNCc1c(SC(C)C)nc2ccccn12. The van der Waals surface area contributed by atoms with Crippen molar-refractivity contribution >= 4 is 17.4 Å². The van der Waals surface area contributed by atoms with Crippen molar-refractivity contribution < 1.29 is 0 Å². The first-order valence-electron chi connectivity index (χ1n) is 6.55. The summed E-state index contributed by atoms with van der Waals surface area (Å²) >= 11 is 1.84. The molecule has 0 atom stereocenters. The molecular formula is C14H21N3S. The van der Waals surface area contributed by atoms with E-state index in [-0.39, 0.29) is 0 Å². The lowest BCUT2D eigenvalue weighted by atomic mass is 10.4. The molecule has 0 fully saturated rings. The third kappa shape index (κ3) is 3.06. The van der Waals surface area contributed by atoms with Crippen molar-refractivity contribution in [2.75, 3.05) is 6.54 Å². The molecule has 0 aliphatic rings. The largest absolute Gasteiger partial charge is 0.311 e. The summed E-state index contributed by atoms with van der Waals surface area (Å²) in [7, 11) is 0. The zero-order chi connectivity index (χ0) is 13.0. The Bertz CT molecular complexity index is 505. The number of imidazole rings is 1. The van der Waals surface area contributed by atoms with Crippen LogP contribution < -0.4 is 5.32 Å².